The van der Waals surface area contributed by atoms with Crippen LogP contribution in [0.3, 0.4) is 0 Å². The van der Waals surface area contributed by atoms with Crippen LogP contribution in [0.15, 0.2) is 36.4 Å². The maximum Gasteiger partial charge on any atom is 0.0908 e. The van der Waals surface area contributed by atoms with Gasteiger partial charge in [-0.05, 0) is 99.0 Å². The number of allylic oxidation sites excluding steroid dienone is 2. The largest absolute Gasteiger partial charge is 0.193 e. The summed E-state index contributed by atoms with van der Waals surface area (Å²) < 4.78 is 0. The second-order valence-corrected chi connectivity index (χ2v) is 9.70. The van der Waals surface area contributed by atoms with Gasteiger partial charge in [0.25, 0.3) is 0 Å². The summed E-state index contributed by atoms with van der Waals surface area (Å²) in [5.74, 6) is 3.68. The lowest BCUT2D eigenvalue weighted by molar-refractivity contribution is 0.157. The highest BCUT2D eigenvalue weighted by Gasteiger charge is 2.31. The van der Waals surface area contributed by atoms with Gasteiger partial charge in [0.1, 0.15) is 0 Å². The van der Waals surface area contributed by atoms with Crippen molar-refractivity contribution >= 4 is 0 Å². The van der Waals surface area contributed by atoms with E-state index >= 15 is 0 Å². The zero-order chi connectivity index (χ0) is 20.3. The number of hydrogen-bond acceptors (Lipinski definition) is 1. The van der Waals surface area contributed by atoms with E-state index < -0.39 is 0 Å². The predicted octanol–water partition coefficient (Wildman–Crippen LogP) is 8.36. The molecule has 0 heterocycles. The van der Waals surface area contributed by atoms with Crippen molar-refractivity contribution in [3.63, 3.8) is 0 Å². The molecule has 3 rings (SSSR count). The molecule has 0 aromatic heterocycles. The van der Waals surface area contributed by atoms with Gasteiger partial charge in [0.15, 0.2) is 0 Å². The molecule has 1 aromatic carbocycles. The van der Waals surface area contributed by atoms with Crippen molar-refractivity contribution in [2.45, 2.75) is 103 Å². The zero-order valence-electron chi connectivity index (χ0n) is 18.6. The van der Waals surface area contributed by atoms with Crippen molar-refractivity contribution in [1.82, 2.24) is 0 Å². The summed E-state index contributed by atoms with van der Waals surface area (Å²) in [4.78, 5) is 0. The lowest BCUT2D eigenvalue weighted by atomic mass is 9.68. The van der Waals surface area contributed by atoms with Crippen LogP contribution in [0.5, 0.6) is 0 Å². The summed E-state index contributed by atoms with van der Waals surface area (Å²) >= 11 is 0. The summed E-state index contributed by atoms with van der Waals surface area (Å²) in [6.45, 7) is 2.28. The average molecular weight is 392 g/mol. The topological polar surface area (TPSA) is 23.8 Å². The Hall–Kier alpha value is -1.55. The molecule has 0 bridgehead atoms. The first-order valence-corrected chi connectivity index (χ1v) is 12.4. The first-order chi connectivity index (χ1) is 14.3. The Balaban J connectivity index is 1.37. The molecule has 0 atom stereocenters. The van der Waals surface area contributed by atoms with E-state index in [0.29, 0.717) is 0 Å². The van der Waals surface area contributed by atoms with Crippen LogP contribution in [0.2, 0.25) is 0 Å². The molecule has 158 valence electrons. The Bertz CT molecular complexity index is 634. The molecule has 1 nitrogen and oxygen atoms in total. The normalized spacial score (nSPS) is 27.7. The Morgan fingerprint density at radius 1 is 0.897 bits per heavy atom. The zero-order valence-corrected chi connectivity index (χ0v) is 18.6. The number of nitrogens with zero attached hydrogens (tertiary/aromatic N) is 1. The van der Waals surface area contributed by atoms with Crippen molar-refractivity contribution < 1.29 is 0 Å². The van der Waals surface area contributed by atoms with E-state index in [1.807, 2.05) is 6.08 Å². The van der Waals surface area contributed by atoms with Crippen LogP contribution < -0.4 is 0 Å². The van der Waals surface area contributed by atoms with E-state index in [1.54, 1.807) is 11.6 Å². The molecule has 0 unspecified atom stereocenters. The van der Waals surface area contributed by atoms with E-state index in [4.69, 9.17) is 5.26 Å². The van der Waals surface area contributed by atoms with Crippen LogP contribution in [0, 0.1) is 29.1 Å². The monoisotopic (exact) mass is 391 g/mol. The van der Waals surface area contributed by atoms with Gasteiger partial charge in [0.05, 0.1) is 6.07 Å². The smallest absolute Gasteiger partial charge is 0.0908 e. The van der Waals surface area contributed by atoms with Crippen LogP contribution in [-0.4, -0.2) is 0 Å². The van der Waals surface area contributed by atoms with Crippen molar-refractivity contribution in [3.05, 3.63) is 47.5 Å². The Morgan fingerprint density at radius 3 is 2.17 bits per heavy atom. The number of nitriles is 1. The van der Waals surface area contributed by atoms with Crippen molar-refractivity contribution in [2.24, 2.45) is 17.8 Å². The molecule has 0 aliphatic heterocycles. The molecular weight excluding hydrogens is 350 g/mol. The van der Waals surface area contributed by atoms with Crippen LogP contribution in [0.4, 0.5) is 0 Å². The molecule has 1 aromatic rings. The molecule has 29 heavy (non-hydrogen) atoms. The molecule has 0 N–H and O–H groups in total. The van der Waals surface area contributed by atoms with E-state index in [1.165, 1.54) is 89.0 Å². The fourth-order valence-electron chi connectivity index (χ4n) is 5.88. The summed E-state index contributed by atoms with van der Waals surface area (Å²) in [7, 11) is 0. The van der Waals surface area contributed by atoms with Gasteiger partial charge >= 0.3 is 0 Å². The van der Waals surface area contributed by atoms with Gasteiger partial charge in [-0.25, -0.2) is 0 Å². The third-order valence-electron chi connectivity index (χ3n) is 7.78. The molecular formula is C28H41N. The fourth-order valence-corrected chi connectivity index (χ4v) is 5.88. The molecule has 1 heteroatoms. The second kappa shape index (κ2) is 12.2. The van der Waals surface area contributed by atoms with Crippen LogP contribution in [0.25, 0.3) is 0 Å². The van der Waals surface area contributed by atoms with E-state index in [9.17, 15) is 0 Å². The molecule has 0 radical (unpaired) electrons. The minimum Gasteiger partial charge on any atom is -0.193 e. The number of hydrogen-bond donors (Lipinski definition) is 0. The second-order valence-electron chi connectivity index (χ2n) is 9.70. The van der Waals surface area contributed by atoms with Crippen LogP contribution in [-0.2, 0) is 6.42 Å². The number of rotatable bonds is 9. The number of aryl methyl sites for hydroxylation is 1. The van der Waals surface area contributed by atoms with Gasteiger partial charge in [0.2, 0.25) is 0 Å². The quantitative estimate of drug-likeness (QED) is 0.306. The van der Waals surface area contributed by atoms with Gasteiger partial charge in [-0.1, -0.05) is 62.9 Å². The van der Waals surface area contributed by atoms with Gasteiger partial charge in [-0.15, -0.1) is 0 Å². The van der Waals surface area contributed by atoms with Crippen molar-refractivity contribution in [2.75, 3.05) is 0 Å². The lowest BCUT2D eigenvalue weighted by Gasteiger charge is -2.38. The number of unbranched alkanes of at least 4 members (excludes halogenated alkanes) is 2. The standard InChI is InChI=1S/C28H41N/c1-2-3-5-8-23-10-14-25(15-11-23)27-18-20-28(21-19-27)26-16-12-24(13-17-26)9-6-4-7-22-29/h4,7,10-11,14-15,24,26-28H,2-3,5-6,8-9,12-13,16-21H2,1H3. The molecule has 2 saturated carbocycles. The first-order valence-electron chi connectivity index (χ1n) is 12.4. The van der Waals surface area contributed by atoms with Crippen LogP contribution >= 0.6 is 0 Å². The molecule has 0 amide bonds. The predicted molar refractivity (Wildman–Crippen MR) is 124 cm³/mol. The SMILES string of the molecule is CCCCCc1ccc(C2CCC(C3CCC(CCC=CC#N)CC3)CC2)cc1. The Labute approximate surface area is 179 Å². The minimum atomic E-state index is 0.805. The van der Waals surface area contributed by atoms with E-state index in [2.05, 4.69) is 37.3 Å². The molecule has 0 saturated heterocycles. The fraction of sp³-hybridized carbons (Fsp3) is 0.679. The number of benzene rings is 1. The maximum absolute atomic E-state index is 8.59. The Morgan fingerprint density at radius 2 is 1.55 bits per heavy atom. The van der Waals surface area contributed by atoms with E-state index in [0.717, 1.165) is 30.1 Å². The van der Waals surface area contributed by atoms with Crippen molar-refractivity contribution in [3.8, 4) is 6.07 Å². The van der Waals surface area contributed by atoms with Gasteiger partial charge in [-0.2, -0.15) is 5.26 Å². The highest BCUT2D eigenvalue weighted by Crippen LogP contribution is 2.44. The summed E-state index contributed by atoms with van der Waals surface area (Å²) in [5, 5.41) is 8.59. The first kappa shape index (κ1) is 22.1. The van der Waals surface area contributed by atoms with Gasteiger partial charge in [-0.3, -0.25) is 0 Å². The van der Waals surface area contributed by atoms with E-state index in [-0.39, 0.29) is 0 Å². The summed E-state index contributed by atoms with van der Waals surface area (Å²) in [6.07, 6.45) is 22.8. The van der Waals surface area contributed by atoms with Crippen LogP contribution in [0.1, 0.15) is 107 Å². The Kier molecular flexibility index (Phi) is 9.33. The average Bonchev–Trinajstić information content (AvgIpc) is 2.78. The maximum atomic E-state index is 8.59. The summed E-state index contributed by atoms with van der Waals surface area (Å²) in [6, 6.07) is 11.7. The highest BCUT2D eigenvalue weighted by atomic mass is 14.4. The van der Waals surface area contributed by atoms with Gasteiger partial charge < -0.3 is 0 Å². The summed E-state index contributed by atoms with van der Waals surface area (Å²) in [5.41, 5.74) is 3.12. The van der Waals surface area contributed by atoms with Crippen molar-refractivity contribution in [1.29, 1.82) is 5.26 Å². The molecule has 0 spiro atoms. The molecule has 2 fully saturated rings. The molecule has 2 aliphatic rings. The lowest BCUT2D eigenvalue weighted by Crippen LogP contribution is -2.25. The molecule has 2 aliphatic carbocycles. The van der Waals surface area contributed by atoms with Gasteiger partial charge in [0, 0.05) is 6.08 Å². The highest BCUT2D eigenvalue weighted by molar-refractivity contribution is 5.26. The third-order valence-corrected chi connectivity index (χ3v) is 7.78. The minimum absolute atomic E-state index is 0.805. The third kappa shape index (κ3) is 7.02.